The molecule has 0 N–H and O–H groups in total. The molecule has 0 fully saturated rings. The molecular weight excluding hydrogens is 372 g/mol. The van der Waals surface area contributed by atoms with Crippen LogP contribution in [-0.4, -0.2) is 15.6 Å². The Labute approximate surface area is 159 Å². The van der Waals surface area contributed by atoms with Crippen molar-refractivity contribution in [3.63, 3.8) is 0 Å². The first-order valence-electron chi connectivity index (χ1n) is 8.28. The van der Waals surface area contributed by atoms with Gasteiger partial charge in [-0.15, -0.1) is 0 Å². The number of hydrogen-bond donors (Lipinski definition) is 0. The molecule has 0 aliphatic carbocycles. The molecule has 0 radical (unpaired) electrons. The number of rotatable bonds is 3. The van der Waals surface area contributed by atoms with E-state index in [2.05, 4.69) is 5.10 Å². The number of carbonyl (C=O) groups excluding carboxylic acids is 1. The highest BCUT2D eigenvalue weighted by Gasteiger charge is 2.14. The van der Waals surface area contributed by atoms with Gasteiger partial charge in [0, 0.05) is 12.6 Å². The number of allylic oxidation sites excluding steroid dienone is 1. The summed E-state index contributed by atoms with van der Waals surface area (Å²) in [5.41, 5.74) is 0.969. The topological polar surface area (TPSA) is 34.9 Å². The Bertz CT molecular complexity index is 985. The van der Waals surface area contributed by atoms with Crippen LogP contribution in [0.15, 0.2) is 48.5 Å². The Morgan fingerprint density at radius 2 is 1.46 bits per heavy atom. The van der Waals surface area contributed by atoms with Crippen molar-refractivity contribution in [2.24, 2.45) is 7.05 Å². The first-order valence-corrected chi connectivity index (χ1v) is 8.28. The Morgan fingerprint density at radius 1 is 0.964 bits per heavy atom. The summed E-state index contributed by atoms with van der Waals surface area (Å²) in [6.07, 6.45) is 2.26. The van der Waals surface area contributed by atoms with E-state index in [0.29, 0.717) is 5.69 Å². The molecular formula is C21H18F4N2O. The number of hydrogen-bond acceptors (Lipinski definition) is 2. The molecule has 0 unspecified atom stereocenters. The van der Waals surface area contributed by atoms with Crippen LogP contribution >= 0.6 is 0 Å². The van der Waals surface area contributed by atoms with Crippen molar-refractivity contribution in [3.05, 3.63) is 83.1 Å². The summed E-state index contributed by atoms with van der Waals surface area (Å²) >= 11 is 0. The van der Waals surface area contributed by atoms with Gasteiger partial charge in [-0.3, -0.25) is 9.48 Å². The Kier molecular flexibility index (Phi) is 6.87. The van der Waals surface area contributed by atoms with Gasteiger partial charge in [0.25, 0.3) is 0 Å². The monoisotopic (exact) mass is 390 g/mol. The number of halogens is 4. The maximum atomic E-state index is 13.4. The molecule has 0 aliphatic heterocycles. The number of carbonyl (C=O) groups is 1. The predicted molar refractivity (Wildman–Crippen MR) is 99.4 cm³/mol. The highest BCUT2D eigenvalue weighted by molar-refractivity contribution is 5.91. The van der Waals surface area contributed by atoms with Gasteiger partial charge in [-0.25, -0.2) is 17.6 Å². The van der Waals surface area contributed by atoms with Gasteiger partial charge in [0.2, 0.25) is 0 Å². The number of aryl methyl sites for hydroxylation is 2. The van der Waals surface area contributed by atoms with Gasteiger partial charge < -0.3 is 0 Å². The molecule has 2 aromatic carbocycles. The normalized spacial score (nSPS) is 10.7. The molecule has 0 aliphatic rings. The minimum atomic E-state index is -0.669. The number of benzene rings is 2. The van der Waals surface area contributed by atoms with Gasteiger partial charge in [0.05, 0.1) is 17.0 Å². The lowest BCUT2D eigenvalue weighted by Crippen LogP contribution is -1.97. The summed E-state index contributed by atoms with van der Waals surface area (Å²) in [5, 5.41) is 4.05. The van der Waals surface area contributed by atoms with E-state index in [1.54, 1.807) is 20.0 Å². The molecule has 0 spiro atoms. The van der Waals surface area contributed by atoms with E-state index < -0.39 is 23.3 Å². The van der Waals surface area contributed by atoms with Gasteiger partial charge in [-0.05, 0) is 56.3 Å². The van der Waals surface area contributed by atoms with Crippen LogP contribution in [0.25, 0.3) is 17.3 Å². The molecule has 0 saturated carbocycles. The van der Waals surface area contributed by atoms with Gasteiger partial charge in [-0.2, -0.15) is 5.10 Å². The van der Waals surface area contributed by atoms with Crippen molar-refractivity contribution in [2.75, 3.05) is 0 Å². The van der Waals surface area contributed by atoms with E-state index in [9.17, 15) is 22.4 Å². The molecule has 0 atom stereocenters. The highest BCUT2D eigenvalue weighted by atomic mass is 19.1. The lowest BCUT2D eigenvalue weighted by atomic mass is 10.1. The average molecular weight is 390 g/mol. The third-order valence-corrected chi connectivity index (χ3v) is 3.71. The predicted octanol–water partition coefficient (Wildman–Crippen LogP) is 5.24. The van der Waals surface area contributed by atoms with Crippen molar-refractivity contribution < 1.29 is 22.4 Å². The molecule has 0 amide bonds. The van der Waals surface area contributed by atoms with Crippen molar-refractivity contribution >= 4 is 11.9 Å². The molecule has 3 nitrogen and oxygen atoms in total. The minimum absolute atomic E-state index is 0.0272. The van der Waals surface area contributed by atoms with E-state index in [0.717, 1.165) is 30.0 Å². The van der Waals surface area contributed by atoms with Crippen LogP contribution in [-0.2, 0) is 11.8 Å². The molecule has 1 aromatic heterocycles. The molecule has 3 aromatic rings. The fourth-order valence-electron chi connectivity index (χ4n) is 2.46. The summed E-state index contributed by atoms with van der Waals surface area (Å²) in [5.74, 6) is -2.73. The largest absolute Gasteiger partial charge is 0.295 e. The molecule has 28 heavy (non-hydrogen) atoms. The molecule has 1 heterocycles. The van der Waals surface area contributed by atoms with E-state index >= 15 is 0 Å². The lowest BCUT2D eigenvalue weighted by molar-refractivity contribution is -0.112. The Hall–Kier alpha value is -3.22. The van der Waals surface area contributed by atoms with Gasteiger partial charge in [-0.1, -0.05) is 12.1 Å². The van der Waals surface area contributed by atoms with Crippen molar-refractivity contribution in [2.45, 2.75) is 13.8 Å². The zero-order chi connectivity index (χ0) is 20.8. The quantitative estimate of drug-likeness (QED) is 0.453. The zero-order valence-corrected chi connectivity index (χ0v) is 15.5. The number of ketones is 1. The van der Waals surface area contributed by atoms with Crippen molar-refractivity contribution in [1.82, 2.24) is 9.78 Å². The Balaban J connectivity index is 0.000000203. The van der Waals surface area contributed by atoms with Crippen LogP contribution in [0.2, 0.25) is 0 Å². The maximum Gasteiger partial charge on any atom is 0.152 e. The third-order valence-electron chi connectivity index (χ3n) is 3.71. The summed E-state index contributed by atoms with van der Waals surface area (Å²) in [6, 6.07) is 9.03. The second kappa shape index (κ2) is 9.12. The molecule has 7 heteroatoms. The van der Waals surface area contributed by atoms with Gasteiger partial charge >= 0.3 is 0 Å². The summed E-state index contributed by atoms with van der Waals surface area (Å²) in [4.78, 5) is 10.5. The van der Waals surface area contributed by atoms with Crippen LogP contribution in [0.3, 0.4) is 0 Å². The second-order valence-corrected chi connectivity index (χ2v) is 5.97. The zero-order valence-electron chi connectivity index (χ0n) is 15.5. The molecule has 0 saturated heterocycles. The van der Waals surface area contributed by atoms with E-state index in [1.807, 2.05) is 0 Å². The first kappa shape index (κ1) is 21.1. The number of aromatic nitrogens is 2. The van der Waals surface area contributed by atoms with Gasteiger partial charge in [0.15, 0.2) is 5.78 Å². The molecule has 0 bridgehead atoms. The maximum absolute atomic E-state index is 13.4. The van der Waals surface area contributed by atoms with E-state index in [4.69, 9.17) is 0 Å². The van der Waals surface area contributed by atoms with Crippen LogP contribution in [0.4, 0.5) is 17.6 Å². The standard InChI is InChI=1S/C11H10F2N2.C10H8F2O/c1-7-6-10(15(2)14-7)11-8(12)4-3-5-9(11)13;1-7(13)5-6-8-9(11)3-2-4-10(8)12/h3-6H,1-2H3;2-6H,1H3. The molecule has 3 rings (SSSR count). The molecule has 146 valence electrons. The van der Waals surface area contributed by atoms with Crippen LogP contribution in [0.1, 0.15) is 18.2 Å². The van der Waals surface area contributed by atoms with Crippen molar-refractivity contribution in [1.29, 1.82) is 0 Å². The second-order valence-electron chi connectivity index (χ2n) is 5.97. The fourth-order valence-corrected chi connectivity index (χ4v) is 2.46. The summed E-state index contributed by atoms with van der Waals surface area (Å²) < 4.78 is 54.2. The lowest BCUT2D eigenvalue weighted by Gasteiger charge is -2.04. The average Bonchev–Trinajstić information content (AvgIpc) is 2.93. The van der Waals surface area contributed by atoms with Crippen LogP contribution in [0.5, 0.6) is 0 Å². The highest BCUT2D eigenvalue weighted by Crippen LogP contribution is 2.25. The van der Waals surface area contributed by atoms with E-state index in [1.165, 1.54) is 35.9 Å². The SMILES string of the molecule is CC(=O)C=Cc1c(F)cccc1F.Cc1cc(-c2c(F)cccc2F)n(C)n1. The smallest absolute Gasteiger partial charge is 0.152 e. The Morgan fingerprint density at radius 3 is 1.89 bits per heavy atom. The fraction of sp³-hybridized carbons (Fsp3) is 0.143. The van der Waals surface area contributed by atoms with Crippen molar-refractivity contribution in [3.8, 4) is 11.3 Å². The van der Waals surface area contributed by atoms with Crippen LogP contribution in [0, 0.1) is 30.2 Å². The first-order chi connectivity index (χ1) is 13.2. The van der Waals surface area contributed by atoms with Crippen LogP contribution < -0.4 is 0 Å². The van der Waals surface area contributed by atoms with E-state index in [-0.39, 0.29) is 16.9 Å². The summed E-state index contributed by atoms with van der Waals surface area (Å²) in [6.45, 7) is 3.09. The number of nitrogens with zero attached hydrogens (tertiary/aromatic N) is 2. The minimum Gasteiger partial charge on any atom is -0.295 e. The summed E-state index contributed by atoms with van der Waals surface area (Å²) in [7, 11) is 1.66. The van der Waals surface area contributed by atoms with Gasteiger partial charge in [0.1, 0.15) is 23.3 Å². The third kappa shape index (κ3) is 5.16.